The molecule has 0 saturated carbocycles. The van der Waals surface area contributed by atoms with Crippen LogP contribution in [-0.2, 0) is 10.3 Å². The molecule has 0 aliphatic carbocycles. The first kappa shape index (κ1) is 12.8. The maximum absolute atomic E-state index is 6.58. The maximum Gasteiger partial charge on any atom is 0.652 e. The summed E-state index contributed by atoms with van der Waals surface area (Å²) in [5, 5.41) is 0. The van der Waals surface area contributed by atoms with Gasteiger partial charge in [0.25, 0.3) is 0 Å². The van der Waals surface area contributed by atoms with Crippen LogP contribution in [0.3, 0.4) is 0 Å². The topological polar surface area (TPSA) is 12.2 Å². The fourth-order valence-corrected chi connectivity index (χ4v) is 3.94. The Balaban J connectivity index is 1.95. The summed E-state index contributed by atoms with van der Waals surface area (Å²) in [4.78, 5) is 0. The summed E-state index contributed by atoms with van der Waals surface area (Å²) >= 11 is 0. The Kier molecular flexibility index (Phi) is 2.97. The van der Waals surface area contributed by atoms with Crippen molar-refractivity contribution in [3.05, 3.63) is 71.8 Å². The van der Waals surface area contributed by atoms with Crippen LogP contribution in [0.1, 0.15) is 24.0 Å². The molecule has 0 unspecified atom stereocenters. The second kappa shape index (κ2) is 4.85. The fourth-order valence-electron chi connectivity index (χ4n) is 3.94. The van der Waals surface area contributed by atoms with Gasteiger partial charge in [-0.25, -0.2) is 0 Å². The highest BCUT2D eigenvalue weighted by atomic mass is 16.5. The van der Waals surface area contributed by atoms with Gasteiger partial charge in [-0.3, -0.25) is 4.49 Å². The molecule has 0 radical (unpaired) electrons. The molecule has 0 N–H and O–H groups in total. The third kappa shape index (κ3) is 1.81. The molecule has 3 heteroatoms. The van der Waals surface area contributed by atoms with Gasteiger partial charge in [0.05, 0.1) is 0 Å². The van der Waals surface area contributed by atoms with Crippen molar-refractivity contribution in [2.24, 2.45) is 0 Å². The van der Waals surface area contributed by atoms with Gasteiger partial charge in [-0.15, -0.1) is 0 Å². The largest absolute Gasteiger partial charge is 0.652 e. The highest BCUT2D eigenvalue weighted by molar-refractivity contribution is 6.42. The molecule has 21 heavy (non-hydrogen) atoms. The molecule has 0 spiro atoms. The van der Waals surface area contributed by atoms with E-state index < -0.39 is 0 Å². The molecule has 104 valence electrons. The molecule has 1 fully saturated rings. The van der Waals surface area contributed by atoms with E-state index in [2.05, 4.69) is 78.2 Å². The second-order valence-electron chi connectivity index (χ2n) is 5.91. The normalized spacial score (nSPS) is 23.0. The first-order valence-corrected chi connectivity index (χ1v) is 7.72. The quantitative estimate of drug-likeness (QED) is 0.766. The van der Waals surface area contributed by atoms with Gasteiger partial charge >= 0.3 is 7.05 Å². The van der Waals surface area contributed by atoms with Gasteiger partial charge in [0.2, 0.25) is 0 Å². The SMILES string of the molecule is CB1OC(c2ccccc2)(c2ccccc2)[C@@H]2CCC=[N+]12. The fraction of sp³-hybridized carbons (Fsp3) is 0.278. The molecule has 2 aromatic carbocycles. The van der Waals surface area contributed by atoms with Crippen LogP contribution in [0, 0.1) is 0 Å². The molecule has 2 aromatic rings. The van der Waals surface area contributed by atoms with Gasteiger partial charge in [-0.1, -0.05) is 60.7 Å². The third-order valence-corrected chi connectivity index (χ3v) is 4.79. The molecule has 1 saturated heterocycles. The van der Waals surface area contributed by atoms with Crippen LogP contribution in [0.4, 0.5) is 0 Å². The van der Waals surface area contributed by atoms with E-state index in [1.165, 1.54) is 11.1 Å². The van der Waals surface area contributed by atoms with E-state index in [4.69, 9.17) is 4.65 Å². The molecule has 2 aliphatic heterocycles. The lowest BCUT2D eigenvalue weighted by molar-refractivity contribution is -0.419. The van der Waals surface area contributed by atoms with E-state index >= 15 is 0 Å². The van der Waals surface area contributed by atoms with Crippen LogP contribution in [0.5, 0.6) is 0 Å². The Morgan fingerprint density at radius 3 is 2.14 bits per heavy atom. The summed E-state index contributed by atoms with van der Waals surface area (Å²) in [5.41, 5.74) is 2.16. The summed E-state index contributed by atoms with van der Waals surface area (Å²) in [5.74, 6) is 0. The van der Waals surface area contributed by atoms with Crippen molar-refractivity contribution in [3.8, 4) is 0 Å². The lowest BCUT2D eigenvalue weighted by Gasteiger charge is -2.31. The van der Waals surface area contributed by atoms with Crippen LogP contribution < -0.4 is 0 Å². The second-order valence-corrected chi connectivity index (χ2v) is 5.91. The van der Waals surface area contributed by atoms with Gasteiger partial charge in [0, 0.05) is 19.7 Å². The highest BCUT2D eigenvalue weighted by Gasteiger charge is 2.62. The molecule has 0 aromatic heterocycles. The number of rotatable bonds is 2. The lowest BCUT2D eigenvalue weighted by Crippen LogP contribution is -2.39. The lowest BCUT2D eigenvalue weighted by atomic mass is 9.79. The molecule has 0 amide bonds. The standard InChI is InChI=1S/C18H19BNO/c1-19-20-14-8-13-17(20)18(21-19,15-9-4-2-5-10-15)16-11-6-3-7-12-16/h2-7,9-12,14,17H,8,13H2,1H3/q+1/t17-/m0/s1. The predicted molar refractivity (Wildman–Crippen MR) is 85.7 cm³/mol. The highest BCUT2D eigenvalue weighted by Crippen LogP contribution is 2.46. The summed E-state index contributed by atoms with van der Waals surface area (Å²) in [6, 6.07) is 21.7. The zero-order chi connectivity index (χ0) is 14.3. The minimum atomic E-state index is -0.352. The van der Waals surface area contributed by atoms with Crippen LogP contribution in [0.2, 0.25) is 6.82 Å². The monoisotopic (exact) mass is 276 g/mol. The van der Waals surface area contributed by atoms with Gasteiger partial charge in [-0.2, -0.15) is 0 Å². The number of hydrogen-bond donors (Lipinski definition) is 0. The number of nitrogens with zero attached hydrogens (tertiary/aromatic N) is 1. The summed E-state index contributed by atoms with van der Waals surface area (Å²) < 4.78 is 8.99. The van der Waals surface area contributed by atoms with Crippen molar-refractivity contribution in [2.75, 3.05) is 0 Å². The Bertz CT molecular complexity index is 629. The molecule has 2 nitrogen and oxygen atoms in total. The number of fused-ring (bicyclic) bond motifs is 1. The Labute approximate surface area is 126 Å². The first-order chi connectivity index (χ1) is 10.3. The van der Waals surface area contributed by atoms with E-state index in [1.54, 1.807) is 0 Å². The zero-order valence-corrected chi connectivity index (χ0v) is 12.3. The molecule has 2 aliphatic rings. The van der Waals surface area contributed by atoms with Gasteiger partial charge in [0.1, 0.15) is 6.21 Å². The van der Waals surface area contributed by atoms with Crippen LogP contribution >= 0.6 is 0 Å². The predicted octanol–water partition coefficient (Wildman–Crippen LogP) is 3.32. The smallest absolute Gasteiger partial charge is 0.353 e. The first-order valence-electron chi connectivity index (χ1n) is 7.72. The molecular formula is C18H19BNO+. The minimum absolute atomic E-state index is 0.123. The van der Waals surface area contributed by atoms with Crippen LogP contribution in [0.15, 0.2) is 60.7 Å². The van der Waals surface area contributed by atoms with E-state index in [0.717, 1.165) is 12.8 Å². The van der Waals surface area contributed by atoms with Gasteiger partial charge in [-0.05, 0) is 11.1 Å². The van der Waals surface area contributed by atoms with Crippen molar-refractivity contribution in [3.63, 3.8) is 0 Å². The van der Waals surface area contributed by atoms with Crippen molar-refractivity contribution >= 4 is 13.3 Å². The molecule has 2 heterocycles. The zero-order valence-electron chi connectivity index (χ0n) is 12.3. The summed E-state index contributed by atoms with van der Waals surface area (Å²) in [7, 11) is 0.123. The number of hydrogen-bond acceptors (Lipinski definition) is 1. The van der Waals surface area contributed by atoms with Crippen LogP contribution in [-0.4, -0.2) is 23.8 Å². The Morgan fingerprint density at radius 2 is 1.57 bits per heavy atom. The van der Waals surface area contributed by atoms with Crippen molar-refractivity contribution in [1.29, 1.82) is 0 Å². The van der Waals surface area contributed by atoms with E-state index in [-0.39, 0.29) is 12.7 Å². The van der Waals surface area contributed by atoms with E-state index in [0.29, 0.717) is 6.04 Å². The third-order valence-electron chi connectivity index (χ3n) is 4.79. The van der Waals surface area contributed by atoms with Gasteiger partial charge < -0.3 is 4.65 Å². The molecule has 0 bridgehead atoms. The van der Waals surface area contributed by atoms with E-state index in [1.807, 2.05) is 0 Å². The average Bonchev–Trinajstić information content (AvgIpc) is 3.13. The summed E-state index contributed by atoms with van der Waals surface area (Å²) in [6.07, 6.45) is 4.59. The van der Waals surface area contributed by atoms with Gasteiger partial charge in [0.15, 0.2) is 11.6 Å². The summed E-state index contributed by atoms with van der Waals surface area (Å²) in [6.45, 7) is 2.16. The average molecular weight is 276 g/mol. The minimum Gasteiger partial charge on any atom is -0.353 e. The Hall–Kier alpha value is -1.87. The molecule has 4 rings (SSSR count). The van der Waals surface area contributed by atoms with Crippen molar-refractivity contribution in [1.82, 2.24) is 0 Å². The van der Waals surface area contributed by atoms with E-state index in [9.17, 15) is 0 Å². The molecule has 1 atom stereocenters. The number of benzene rings is 2. The molecular weight excluding hydrogens is 257 g/mol. The van der Waals surface area contributed by atoms with Crippen LogP contribution in [0.25, 0.3) is 0 Å². The Morgan fingerprint density at radius 1 is 1.00 bits per heavy atom. The maximum atomic E-state index is 6.58. The van der Waals surface area contributed by atoms with Crippen molar-refractivity contribution in [2.45, 2.75) is 31.3 Å². The van der Waals surface area contributed by atoms with Crippen molar-refractivity contribution < 1.29 is 9.14 Å².